The minimum absolute atomic E-state index is 0.0636. The Balaban J connectivity index is 2.13. The average Bonchev–Trinajstić information content (AvgIpc) is 2.64. The second-order valence-corrected chi connectivity index (χ2v) is 10.1. The smallest absolute Gasteiger partial charge is 0.0625 e. The third-order valence-corrected chi connectivity index (χ3v) is 6.90. The molecule has 3 aromatic rings. The van der Waals surface area contributed by atoms with E-state index in [9.17, 15) is 0 Å². The first-order valence-electron chi connectivity index (χ1n) is 10.0. The molecule has 0 aromatic heterocycles. The number of rotatable bonds is 7. The molecule has 0 atom stereocenters. The Labute approximate surface area is 168 Å². The molecule has 3 aromatic carbocycles. The van der Waals surface area contributed by atoms with Crippen LogP contribution in [0.1, 0.15) is 38.8 Å². The molecule has 27 heavy (non-hydrogen) atoms. The topological polar surface area (TPSA) is 0 Å². The molecule has 0 N–H and O–H groups in total. The SMILES string of the molecule is CC(C)Cc1ccc([S+](c2ccccc2)c2ccccc2)c(CC(C)C)c1. The van der Waals surface area contributed by atoms with Gasteiger partial charge in [-0.3, -0.25) is 0 Å². The van der Waals surface area contributed by atoms with E-state index in [4.69, 9.17) is 0 Å². The van der Waals surface area contributed by atoms with Gasteiger partial charge in [-0.2, -0.15) is 0 Å². The van der Waals surface area contributed by atoms with Crippen molar-refractivity contribution in [2.24, 2.45) is 11.8 Å². The molecule has 0 aliphatic carbocycles. The molecule has 0 radical (unpaired) electrons. The quantitative estimate of drug-likeness (QED) is 0.384. The summed E-state index contributed by atoms with van der Waals surface area (Å²) in [6.45, 7) is 9.24. The van der Waals surface area contributed by atoms with Crippen LogP contribution in [0, 0.1) is 11.8 Å². The highest BCUT2D eigenvalue weighted by molar-refractivity contribution is 7.97. The summed E-state index contributed by atoms with van der Waals surface area (Å²) in [5.41, 5.74) is 2.98. The van der Waals surface area contributed by atoms with E-state index >= 15 is 0 Å². The maximum atomic E-state index is 2.47. The fraction of sp³-hybridized carbons (Fsp3) is 0.308. The molecule has 0 saturated carbocycles. The van der Waals surface area contributed by atoms with E-state index in [-0.39, 0.29) is 10.9 Å². The predicted molar refractivity (Wildman–Crippen MR) is 119 cm³/mol. The van der Waals surface area contributed by atoms with Crippen LogP contribution in [0.4, 0.5) is 0 Å². The third-order valence-electron chi connectivity index (χ3n) is 4.57. The van der Waals surface area contributed by atoms with Crippen molar-refractivity contribution in [3.05, 3.63) is 90.0 Å². The molecule has 3 rings (SSSR count). The van der Waals surface area contributed by atoms with Crippen molar-refractivity contribution < 1.29 is 0 Å². The first kappa shape index (κ1) is 19.8. The molecular formula is C26H31S+. The molecule has 0 unspecified atom stereocenters. The molecule has 0 saturated heterocycles. The van der Waals surface area contributed by atoms with E-state index in [1.54, 1.807) is 0 Å². The Kier molecular flexibility index (Phi) is 6.79. The standard InChI is InChI=1S/C26H31S/c1-20(2)17-22-15-16-26(23(19-22)18-21(3)4)27(24-11-7-5-8-12-24)25-13-9-6-10-14-25/h5-16,19-21H,17-18H2,1-4H3/q+1. The zero-order chi connectivity index (χ0) is 19.2. The van der Waals surface area contributed by atoms with Crippen LogP contribution >= 0.6 is 0 Å². The number of hydrogen-bond donors (Lipinski definition) is 0. The molecule has 0 spiro atoms. The van der Waals surface area contributed by atoms with Gasteiger partial charge in [-0.25, -0.2) is 0 Å². The summed E-state index contributed by atoms with van der Waals surface area (Å²) in [7, 11) is -0.0636. The predicted octanol–water partition coefficient (Wildman–Crippen LogP) is 7.18. The first-order chi connectivity index (χ1) is 13.0. The molecule has 0 aliphatic rings. The Morgan fingerprint density at radius 3 is 1.63 bits per heavy atom. The zero-order valence-electron chi connectivity index (χ0n) is 17.0. The van der Waals surface area contributed by atoms with E-state index in [0.717, 1.165) is 12.8 Å². The van der Waals surface area contributed by atoms with Crippen LogP contribution in [0.15, 0.2) is 93.5 Å². The van der Waals surface area contributed by atoms with Crippen LogP contribution in [0.25, 0.3) is 0 Å². The van der Waals surface area contributed by atoms with Crippen molar-refractivity contribution in [1.29, 1.82) is 0 Å². The van der Waals surface area contributed by atoms with Gasteiger partial charge in [0.15, 0.2) is 14.7 Å². The van der Waals surface area contributed by atoms with Gasteiger partial charge in [0.1, 0.15) is 0 Å². The van der Waals surface area contributed by atoms with Gasteiger partial charge in [-0.1, -0.05) is 76.2 Å². The van der Waals surface area contributed by atoms with Crippen molar-refractivity contribution in [1.82, 2.24) is 0 Å². The highest BCUT2D eigenvalue weighted by Gasteiger charge is 2.31. The van der Waals surface area contributed by atoms with Gasteiger partial charge >= 0.3 is 0 Å². The Morgan fingerprint density at radius 1 is 0.630 bits per heavy atom. The van der Waals surface area contributed by atoms with Gasteiger partial charge in [0.2, 0.25) is 0 Å². The van der Waals surface area contributed by atoms with Crippen LogP contribution in [-0.2, 0) is 23.7 Å². The number of benzene rings is 3. The Hall–Kier alpha value is -1.99. The maximum Gasteiger partial charge on any atom is 0.169 e. The van der Waals surface area contributed by atoms with Gasteiger partial charge in [-0.05, 0) is 60.6 Å². The summed E-state index contributed by atoms with van der Waals surface area (Å²) in [6.07, 6.45) is 2.28. The largest absolute Gasteiger partial charge is 0.169 e. The van der Waals surface area contributed by atoms with Crippen molar-refractivity contribution in [2.75, 3.05) is 0 Å². The third kappa shape index (κ3) is 5.26. The summed E-state index contributed by atoms with van der Waals surface area (Å²) in [5.74, 6) is 1.33. The van der Waals surface area contributed by atoms with E-state index in [1.807, 2.05) is 0 Å². The van der Waals surface area contributed by atoms with Crippen LogP contribution in [-0.4, -0.2) is 0 Å². The fourth-order valence-electron chi connectivity index (χ4n) is 3.53. The van der Waals surface area contributed by atoms with Crippen molar-refractivity contribution in [2.45, 2.75) is 55.2 Å². The van der Waals surface area contributed by atoms with Gasteiger partial charge in [0, 0.05) is 5.56 Å². The zero-order valence-corrected chi connectivity index (χ0v) is 17.8. The highest BCUT2D eigenvalue weighted by Crippen LogP contribution is 2.34. The summed E-state index contributed by atoms with van der Waals surface area (Å²) < 4.78 is 0. The monoisotopic (exact) mass is 375 g/mol. The molecule has 0 nitrogen and oxygen atoms in total. The summed E-state index contributed by atoms with van der Waals surface area (Å²) in [5, 5.41) is 0. The van der Waals surface area contributed by atoms with E-state index in [2.05, 4.69) is 107 Å². The molecule has 0 amide bonds. The minimum atomic E-state index is -0.0636. The maximum absolute atomic E-state index is 2.47. The summed E-state index contributed by atoms with van der Waals surface area (Å²) in [4.78, 5) is 4.27. The lowest BCUT2D eigenvalue weighted by Crippen LogP contribution is -2.10. The van der Waals surface area contributed by atoms with E-state index < -0.39 is 0 Å². The van der Waals surface area contributed by atoms with Gasteiger partial charge in [-0.15, -0.1) is 0 Å². The van der Waals surface area contributed by atoms with Gasteiger partial charge < -0.3 is 0 Å². The van der Waals surface area contributed by atoms with Gasteiger partial charge in [0.05, 0.1) is 10.9 Å². The van der Waals surface area contributed by atoms with Crippen molar-refractivity contribution in [3.63, 3.8) is 0 Å². The second kappa shape index (κ2) is 9.28. The molecule has 0 bridgehead atoms. The Bertz CT molecular complexity index is 795. The number of hydrogen-bond acceptors (Lipinski definition) is 0. The van der Waals surface area contributed by atoms with E-state index in [1.165, 1.54) is 25.8 Å². The van der Waals surface area contributed by atoms with Crippen molar-refractivity contribution >= 4 is 10.9 Å². The minimum Gasteiger partial charge on any atom is -0.0625 e. The Morgan fingerprint density at radius 2 is 1.15 bits per heavy atom. The molecule has 0 aliphatic heterocycles. The first-order valence-corrected chi connectivity index (χ1v) is 11.2. The molecular weight excluding hydrogens is 344 g/mol. The summed E-state index contributed by atoms with van der Waals surface area (Å²) >= 11 is 0. The highest BCUT2D eigenvalue weighted by atomic mass is 32.2. The van der Waals surface area contributed by atoms with E-state index in [0.29, 0.717) is 11.8 Å². The lowest BCUT2D eigenvalue weighted by Gasteiger charge is -2.15. The van der Waals surface area contributed by atoms with Crippen molar-refractivity contribution in [3.8, 4) is 0 Å². The summed E-state index contributed by atoms with van der Waals surface area (Å²) in [6, 6.07) is 29.2. The van der Waals surface area contributed by atoms with Crippen LogP contribution in [0.3, 0.4) is 0 Å². The van der Waals surface area contributed by atoms with Crippen LogP contribution < -0.4 is 0 Å². The molecule has 0 fully saturated rings. The van der Waals surface area contributed by atoms with Crippen LogP contribution in [0.2, 0.25) is 0 Å². The molecule has 1 heteroatoms. The fourth-order valence-corrected chi connectivity index (χ4v) is 5.78. The molecule has 140 valence electrons. The molecule has 0 heterocycles. The van der Waals surface area contributed by atoms with Gasteiger partial charge in [0.25, 0.3) is 0 Å². The lowest BCUT2D eigenvalue weighted by atomic mass is 9.97. The average molecular weight is 376 g/mol. The lowest BCUT2D eigenvalue weighted by molar-refractivity contribution is 0.630. The van der Waals surface area contributed by atoms with Crippen LogP contribution in [0.5, 0.6) is 0 Å². The normalized spacial score (nSPS) is 11.5. The second-order valence-electron chi connectivity index (χ2n) is 8.07.